The average molecular weight is 218 g/mol. The van der Waals surface area contributed by atoms with Crippen molar-refractivity contribution in [2.75, 3.05) is 6.54 Å². The summed E-state index contributed by atoms with van der Waals surface area (Å²) in [5.41, 5.74) is 6.41. The van der Waals surface area contributed by atoms with Gasteiger partial charge in [0.2, 0.25) is 0 Å². The molecule has 0 radical (unpaired) electrons. The monoisotopic (exact) mass is 218 g/mol. The molecule has 1 aromatic carbocycles. The number of nitrogens with two attached hydrogens (primary N) is 1. The zero-order valence-corrected chi connectivity index (χ0v) is 9.36. The van der Waals surface area contributed by atoms with E-state index in [1.54, 1.807) is 0 Å². The first kappa shape index (κ1) is 11.1. The van der Waals surface area contributed by atoms with Crippen LogP contribution in [-0.2, 0) is 0 Å². The van der Waals surface area contributed by atoms with Crippen molar-refractivity contribution in [3.05, 3.63) is 35.9 Å². The molecule has 0 heterocycles. The van der Waals surface area contributed by atoms with Gasteiger partial charge in [-0.1, -0.05) is 24.6 Å². The Morgan fingerprint density at radius 3 is 2.75 bits per heavy atom. The maximum absolute atomic E-state index is 11.9. The molecule has 3 N–H and O–H groups in total. The van der Waals surface area contributed by atoms with E-state index in [1.807, 2.05) is 30.3 Å². The van der Waals surface area contributed by atoms with Crippen molar-refractivity contribution in [3.8, 4) is 0 Å². The molecular formula is C13H18N2O. The molecule has 2 atom stereocenters. The topological polar surface area (TPSA) is 55.1 Å². The van der Waals surface area contributed by atoms with Crippen LogP contribution in [0.2, 0.25) is 0 Å². The first-order chi connectivity index (χ1) is 7.81. The molecule has 16 heavy (non-hydrogen) atoms. The van der Waals surface area contributed by atoms with Crippen molar-refractivity contribution < 1.29 is 4.79 Å². The molecular weight excluding hydrogens is 200 g/mol. The van der Waals surface area contributed by atoms with Gasteiger partial charge in [-0.2, -0.15) is 0 Å². The van der Waals surface area contributed by atoms with Crippen LogP contribution in [0.1, 0.15) is 29.6 Å². The van der Waals surface area contributed by atoms with Gasteiger partial charge < -0.3 is 11.1 Å². The van der Waals surface area contributed by atoms with Crippen LogP contribution in [0.5, 0.6) is 0 Å². The van der Waals surface area contributed by atoms with E-state index in [9.17, 15) is 4.79 Å². The minimum atomic E-state index is 0.0194. The Bertz CT molecular complexity index is 350. The Morgan fingerprint density at radius 2 is 2.06 bits per heavy atom. The molecule has 1 aromatic rings. The van der Waals surface area contributed by atoms with Gasteiger partial charge >= 0.3 is 0 Å². The summed E-state index contributed by atoms with van der Waals surface area (Å²) in [6.45, 7) is 0.666. The SMILES string of the molecule is NCC1CCCC1NC(=O)c1ccccc1. The van der Waals surface area contributed by atoms with Gasteiger partial charge in [0.15, 0.2) is 0 Å². The lowest BCUT2D eigenvalue weighted by Gasteiger charge is -2.19. The van der Waals surface area contributed by atoms with E-state index in [0.29, 0.717) is 12.5 Å². The summed E-state index contributed by atoms with van der Waals surface area (Å²) in [5.74, 6) is 0.471. The molecule has 1 aliphatic rings. The third kappa shape index (κ3) is 2.42. The minimum absolute atomic E-state index is 0.0194. The number of nitrogens with one attached hydrogen (secondary N) is 1. The fraction of sp³-hybridized carbons (Fsp3) is 0.462. The van der Waals surface area contributed by atoms with E-state index >= 15 is 0 Å². The third-order valence-corrected chi connectivity index (χ3v) is 3.31. The summed E-state index contributed by atoms with van der Waals surface area (Å²) < 4.78 is 0. The second-order valence-electron chi connectivity index (χ2n) is 4.37. The van der Waals surface area contributed by atoms with Crippen LogP contribution in [0.25, 0.3) is 0 Å². The number of rotatable bonds is 3. The minimum Gasteiger partial charge on any atom is -0.349 e. The summed E-state index contributed by atoms with van der Waals surface area (Å²) in [6, 6.07) is 9.60. The van der Waals surface area contributed by atoms with Gasteiger partial charge in [0.25, 0.3) is 5.91 Å². The largest absolute Gasteiger partial charge is 0.349 e. The van der Waals surface area contributed by atoms with Crippen LogP contribution in [0.4, 0.5) is 0 Å². The first-order valence-corrected chi connectivity index (χ1v) is 5.87. The Balaban J connectivity index is 1.97. The van der Waals surface area contributed by atoms with Gasteiger partial charge in [-0.15, -0.1) is 0 Å². The van der Waals surface area contributed by atoms with Crippen LogP contribution in [0.3, 0.4) is 0 Å². The molecule has 1 amide bonds. The molecule has 86 valence electrons. The zero-order chi connectivity index (χ0) is 11.4. The fourth-order valence-corrected chi connectivity index (χ4v) is 2.35. The number of benzene rings is 1. The second-order valence-corrected chi connectivity index (χ2v) is 4.37. The highest BCUT2D eigenvalue weighted by Gasteiger charge is 2.27. The number of carbonyl (C=O) groups excluding carboxylic acids is 1. The Morgan fingerprint density at radius 1 is 1.31 bits per heavy atom. The number of carbonyl (C=O) groups is 1. The van der Waals surface area contributed by atoms with Crippen LogP contribution >= 0.6 is 0 Å². The normalized spacial score (nSPS) is 24.3. The van der Waals surface area contributed by atoms with Crippen molar-refractivity contribution >= 4 is 5.91 Å². The molecule has 1 saturated carbocycles. The Labute approximate surface area is 96.0 Å². The van der Waals surface area contributed by atoms with Crippen molar-refractivity contribution in [1.29, 1.82) is 0 Å². The molecule has 3 heteroatoms. The highest BCUT2D eigenvalue weighted by atomic mass is 16.1. The van der Waals surface area contributed by atoms with E-state index in [1.165, 1.54) is 6.42 Å². The predicted molar refractivity (Wildman–Crippen MR) is 64.1 cm³/mol. The molecule has 1 fully saturated rings. The average Bonchev–Trinajstić information content (AvgIpc) is 2.77. The van der Waals surface area contributed by atoms with Crippen molar-refractivity contribution in [1.82, 2.24) is 5.32 Å². The fourth-order valence-electron chi connectivity index (χ4n) is 2.35. The lowest BCUT2D eigenvalue weighted by atomic mass is 10.0. The van der Waals surface area contributed by atoms with Crippen LogP contribution < -0.4 is 11.1 Å². The van der Waals surface area contributed by atoms with Crippen LogP contribution in [0.15, 0.2) is 30.3 Å². The second kappa shape index (κ2) is 5.12. The lowest BCUT2D eigenvalue weighted by molar-refractivity contribution is 0.0929. The summed E-state index contributed by atoms with van der Waals surface area (Å²) >= 11 is 0. The Kier molecular flexibility index (Phi) is 3.57. The molecule has 0 bridgehead atoms. The van der Waals surface area contributed by atoms with E-state index in [2.05, 4.69) is 5.32 Å². The Hall–Kier alpha value is -1.35. The molecule has 0 spiro atoms. The van der Waals surface area contributed by atoms with E-state index in [4.69, 9.17) is 5.73 Å². The lowest BCUT2D eigenvalue weighted by Crippen LogP contribution is -2.39. The van der Waals surface area contributed by atoms with E-state index in [0.717, 1.165) is 18.4 Å². The predicted octanol–water partition coefficient (Wildman–Crippen LogP) is 1.54. The van der Waals surface area contributed by atoms with Gasteiger partial charge in [-0.05, 0) is 37.4 Å². The van der Waals surface area contributed by atoms with E-state index < -0.39 is 0 Å². The van der Waals surface area contributed by atoms with Crippen LogP contribution in [0, 0.1) is 5.92 Å². The number of amides is 1. The van der Waals surface area contributed by atoms with Gasteiger partial charge in [0.05, 0.1) is 0 Å². The number of hydrogen-bond acceptors (Lipinski definition) is 2. The van der Waals surface area contributed by atoms with Gasteiger partial charge in [0, 0.05) is 11.6 Å². The molecule has 0 aliphatic heterocycles. The van der Waals surface area contributed by atoms with Gasteiger partial charge in [0.1, 0.15) is 0 Å². The maximum atomic E-state index is 11.9. The van der Waals surface area contributed by atoms with Gasteiger partial charge in [-0.3, -0.25) is 4.79 Å². The standard InChI is InChI=1S/C13H18N2O/c14-9-11-7-4-8-12(11)15-13(16)10-5-2-1-3-6-10/h1-3,5-6,11-12H,4,7-9,14H2,(H,15,16). The first-order valence-electron chi connectivity index (χ1n) is 5.87. The molecule has 3 nitrogen and oxygen atoms in total. The van der Waals surface area contributed by atoms with Crippen molar-refractivity contribution in [3.63, 3.8) is 0 Å². The van der Waals surface area contributed by atoms with E-state index in [-0.39, 0.29) is 11.9 Å². The molecule has 0 saturated heterocycles. The van der Waals surface area contributed by atoms with Gasteiger partial charge in [-0.25, -0.2) is 0 Å². The highest BCUT2D eigenvalue weighted by Crippen LogP contribution is 2.24. The summed E-state index contributed by atoms with van der Waals surface area (Å²) in [4.78, 5) is 11.9. The smallest absolute Gasteiger partial charge is 0.251 e. The highest BCUT2D eigenvalue weighted by molar-refractivity contribution is 5.94. The van der Waals surface area contributed by atoms with Crippen molar-refractivity contribution in [2.24, 2.45) is 11.7 Å². The third-order valence-electron chi connectivity index (χ3n) is 3.31. The molecule has 2 unspecified atom stereocenters. The summed E-state index contributed by atoms with van der Waals surface area (Å²) in [7, 11) is 0. The molecule has 0 aromatic heterocycles. The maximum Gasteiger partial charge on any atom is 0.251 e. The van der Waals surface area contributed by atoms with Crippen molar-refractivity contribution in [2.45, 2.75) is 25.3 Å². The zero-order valence-electron chi connectivity index (χ0n) is 9.36. The summed E-state index contributed by atoms with van der Waals surface area (Å²) in [6.07, 6.45) is 3.36. The molecule has 2 rings (SSSR count). The molecule has 1 aliphatic carbocycles. The number of hydrogen-bond donors (Lipinski definition) is 2. The summed E-state index contributed by atoms with van der Waals surface area (Å²) in [5, 5.41) is 3.08. The quantitative estimate of drug-likeness (QED) is 0.808. The van der Waals surface area contributed by atoms with Crippen LogP contribution in [-0.4, -0.2) is 18.5 Å².